The minimum atomic E-state index is -0.257. The van der Waals surface area contributed by atoms with E-state index in [4.69, 9.17) is 4.74 Å². The molecule has 0 aliphatic rings. The number of benzene rings is 1. The lowest BCUT2D eigenvalue weighted by Crippen LogP contribution is -2.09. The highest BCUT2D eigenvalue weighted by Crippen LogP contribution is 2.18. The van der Waals surface area contributed by atoms with Crippen LogP contribution in [0.1, 0.15) is 31.7 Å². The Balaban J connectivity index is 1.84. The van der Waals surface area contributed by atoms with Gasteiger partial charge in [-0.2, -0.15) is 5.10 Å². The first-order valence-electron chi connectivity index (χ1n) is 8.23. The number of unbranched alkanes of at least 4 members (excludes halogenated alkanes) is 1. The lowest BCUT2D eigenvalue weighted by molar-refractivity contribution is -0.117. The number of carbonyl (C=O) groups excluding carboxylic acids is 2. The van der Waals surface area contributed by atoms with Crippen molar-refractivity contribution in [1.29, 1.82) is 0 Å². The summed E-state index contributed by atoms with van der Waals surface area (Å²) >= 11 is 0. The summed E-state index contributed by atoms with van der Waals surface area (Å²) in [6, 6.07) is 9.22. The number of ketones is 1. The molecule has 6 heteroatoms. The number of para-hydroxylation sites is 1. The Morgan fingerprint density at radius 1 is 1.24 bits per heavy atom. The highest BCUT2D eigenvalue weighted by molar-refractivity contribution is 6.01. The van der Waals surface area contributed by atoms with Crippen molar-refractivity contribution >= 4 is 23.6 Å². The number of nitrogens with zero attached hydrogens (tertiary/aromatic N) is 2. The van der Waals surface area contributed by atoms with Crippen LogP contribution >= 0.6 is 0 Å². The van der Waals surface area contributed by atoms with E-state index in [1.807, 2.05) is 30.5 Å². The van der Waals surface area contributed by atoms with Crippen molar-refractivity contribution in [3.8, 4) is 5.75 Å². The molecule has 25 heavy (non-hydrogen) atoms. The number of ether oxygens (including phenoxy) is 1. The number of hydrogen-bond acceptors (Lipinski definition) is 4. The normalized spacial score (nSPS) is 10.8. The molecule has 132 valence electrons. The summed E-state index contributed by atoms with van der Waals surface area (Å²) in [5, 5.41) is 7.02. The van der Waals surface area contributed by atoms with Crippen molar-refractivity contribution in [3.63, 3.8) is 0 Å². The average molecular weight is 341 g/mol. The highest BCUT2D eigenvalue weighted by atomic mass is 16.5. The van der Waals surface area contributed by atoms with E-state index in [0.29, 0.717) is 18.0 Å². The fourth-order valence-corrected chi connectivity index (χ4v) is 2.34. The molecule has 6 nitrogen and oxygen atoms in total. The molecule has 0 radical (unpaired) electrons. The molecule has 0 unspecified atom stereocenters. The first-order valence-corrected chi connectivity index (χ1v) is 8.23. The molecule has 0 aliphatic heterocycles. The van der Waals surface area contributed by atoms with E-state index in [9.17, 15) is 9.59 Å². The number of anilines is 1. The van der Waals surface area contributed by atoms with E-state index >= 15 is 0 Å². The fraction of sp³-hybridized carbons (Fsp3) is 0.316. The van der Waals surface area contributed by atoms with Crippen LogP contribution in [-0.4, -0.2) is 28.6 Å². The second kappa shape index (κ2) is 9.42. The maximum Gasteiger partial charge on any atom is 0.249 e. The van der Waals surface area contributed by atoms with Crippen molar-refractivity contribution in [1.82, 2.24) is 9.78 Å². The molecule has 0 atom stereocenters. The van der Waals surface area contributed by atoms with Gasteiger partial charge < -0.3 is 14.8 Å². The third-order valence-corrected chi connectivity index (χ3v) is 3.61. The van der Waals surface area contributed by atoms with Gasteiger partial charge in [0.25, 0.3) is 0 Å². The van der Waals surface area contributed by atoms with Crippen LogP contribution in [0.25, 0.3) is 6.08 Å². The van der Waals surface area contributed by atoms with Crippen LogP contribution in [0.2, 0.25) is 0 Å². The summed E-state index contributed by atoms with van der Waals surface area (Å²) in [6.07, 6.45) is 7.28. The van der Waals surface area contributed by atoms with Crippen LogP contribution in [0.4, 0.5) is 5.82 Å². The second-order valence-corrected chi connectivity index (χ2v) is 5.69. The van der Waals surface area contributed by atoms with Crippen molar-refractivity contribution < 1.29 is 14.3 Å². The van der Waals surface area contributed by atoms with Gasteiger partial charge in [-0.05, 0) is 31.9 Å². The van der Waals surface area contributed by atoms with Crippen molar-refractivity contribution in [2.24, 2.45) is 0 Å². The smallest absolute Gasteiger partial charge is 0.249 e. The zero-order valence-corrected chi connectivity index (χ0v) is 14.6. The Bertz CT molecular complexity index is 750. The van der Waals surface area contributed by atoms with Crippen molar-refractivity contribution in [3.05, 3.63) is 48.2 Å². The Morgan fingerprint density at radius 3 is 2.80 bits per heavy atom. The molecule has 0 spiro atoms. The molecule has 0 fully saturated rings. The molecule has 1 aromatic heterocycles. The van der Waals surface area contributed by atoms with Gasteiger partial charge in [-0.3, -0.25) is 9.48 Å². The standard InChI is InChI=1S/C19H23N3O3/c1-15(23)7-5-6-13-22-14-12-18(21-22)20-19(24)11-10-16-8-3-4-9-17(16)25-2/h3-4,8-12,14H,5-7,13H2,1-2H3,(H,20,21,24)/b11-10+. The summed E-state index contributed by atoms with van der Waals surface area (Å²) in [4.78, 5) is 22.9. The van der Waals surface area contributed by atoms with Crippen LogP contribution in [0.15, 0.2) is 42.6 Å². The largest absolute Gasteiger partial charge is 0.496 e. The summed E-state index contributed by atoms with van der Waals surface area (Å²) in [6.45, 7) is 2.32. The molecular formula is C19H23N3O3. The lowest BCUT2D eigenvalue weighted by Gasteiger charge is -2.03. The van der Waals surface area contributed by atoms with Gasteiger partial charge in [-0.25, -0.2) is 0 Å². The lowest BCUT2D eigenvalue weighted by atomic mass is 10.2. The van der Waals surface area contributed by atoms with Crippen molar-refractivity contribution in [2.75, 3.05) is 12.4 Å². The maximum atomic E-state index is 12.0. The molecule has 1 aromatic carbocycles. The van der Waals surface area contributed by atoms with Gasteiger partial charge in [-0.1, -0.05) is 18.2 Å². The van der Waals surface area contributed by atoms with E-state index < -0.39 is 0 Å². The van der Waals surface area contributed by atoms with Gasteiger partial charge in [-0.15, -0.1) is 0 Å². The zero-order valence-electron chi connectivity index (χ0n) is 14.6. The number of amides is 1. The van der Waals surface area contributed by atoms with Gasteiger partial charge in [0, 0.05) is 36.9 Å². The Labute approximate surface area is 147 Å². The van der Waals surface area contributed by atoms with E-state index in [2.05, 4.69) is 10.4 Å². The summed E-state index contributed by atoms with van der Waals surface area (Å²) < 4.78 is 7.00. The molecule has 1 amide bonds. The molecule has 2 rings (SSSR count). The summed E-state index contributed by atoms with van der Waals surface area (Å²) in [7, 11) is 1.59. The van der Waals surface area contributed by atoms with Gasteiger partial charge in [0.2, 0.25) is 5.91 Å². The van der Waals surface area contributed by atoms with Crippen molar-refractivity contribution in [2.45, 2.75) is 32.7 Å². The third-order valence-electron chi connectivity index (χ3n) is 3.61. The maximum absolute atomic E-state index is 12.0. The van der Waals surface area contributed by atoms with Crippen LogP contribution in [-0.2, 0) is 16.1 Å². The highest BCUT2D eigenvalue weighted by Gasteiger charge is 2.03. The Morgan fingerprint density at radius 2 is 2.04 bits per heavy atom. The number of methoxy groups -OCH3 is 1. The molecule has 0 aliphatic carbocycles. The van der Waals surface area contributed by atoms with Crippen LogP contribution in [0.3, 0.4) is 0 Å². The number of rotatable bonds is 9. The van der Waals surface area contributed by atoms with Gasteiger partial charge >= 0.3 is 0 Å². The quantitative estimate of drug-likeness (QED) is 0.561. The minimum Gasteiger partial charge on any atom is -0.496 e. The monoisotopic (exact) mass is 341 g/mol. The SMILES string of the molecule is COc1ccccc1/C=C/C(=O)Nc1ccn(CCCCC(C)=O)n1. The third kappa shape index (κ3) is 6.25. The number of aromatic nitrogens is 2. The van der Waals surface area contributed by atoms with Crippen LogP contribution < -0.4 is 10.1 Å². The summed E-state index contributed by atoms with van der Waals surface area (Å²) in [5.41, 5.74) is 0.830. The zero-order chi connectivity index (χ0) is 18.1. The van der Waals surface area contributed by atoms with E-state index in [0.717, 1.165) is 24.9 Å². The molecule has 0 saturated carbocycles. The Kier molecular flexibility index (Phi) is 6.95. The first kappa shape index (κ1) is 18.4. The predicted octanol–water partition coefficient (Wildman–Crippen LogP) is 3.30. The van der Waals surface area contributed by atoms with Gasteiger partial charge in [0.15, 0.2) is 5.82 Å². The molecule has 1 N–H and O–H groups in total. The number of hydrogen-bond donors (Lipinski definition) is 1. The van der Waals surface area contributed by atoms with E-state index in [1.54, 1.807) is 30.9 Å². The number of aryl methyl sites for hydroxylation is 1. The number of nitrogens with one attached hydrogen (secondary N) is 1. The fourth-order valence-electron chi connectivity index (χ4n) is 2.34. The molecule has 2 aromatic rings. The van der Waals surface area contributed by atoms with Gasteiger partial charge in [0.05, 0.1) is 7.11 Å². The number of carbonyl (C=O) groups is 2. The molecule has 0 saturated heterocycles. The molecule has 0 bridgehead atoms. The number of Topliss-reactive ketones (excluding diaryl/α,β-unsaturated/α-hetero) is 1. The van der Waals surface area contributed by atoms with Gasteiger partial charge in [0.1, 0.15) is 11.5 Å². The predicted molar refractivity (Wildman–Crippen MR) is 97.4 cm³/mol. The van der Waals surface area contributed by atoms with Crippen LogP contribution in [0, 0.1) is 0 Å². The van der Waals surface area contributed by atoms with Crippen LogP contribution in [0.5, 0.6) is 5.75 Å². The Hall–Kier alpha value is -2.89. The second-order valence-electron chi connectivity index (χ2n) is 5.69. The van der Waals surface area contributed by atoms with E-state index in [1.165, 1.54) is 6.08 Å². The molecular weight excluding hydrogens is 318 g/mol. The minimum absolute atomic E-state index is 0.204. The molecule has 1 heterocycles. The summed E-state index contributed by atoms with van der Waals surface area (Å²) in [5.74, 6) is 1.16. The topological polar surface area (TPSA) is 73.2 Å². The average Bonchev–Trinajstić information content (AvgIpc) is 3.04. The van der Waals surface area contributed by atoms with E-state index in [-0.39, 0.29) is 11.7 Å². The first-order chi connectivity index (χ1) is 12.1.